The maximum Gasteiger partial charge on any atom is 0.306 e. The van der Waals surface area contributed by atoms with Crippen molar-refractivity contribution in [1.82, 2.24) is 0 Å². The lowest BCUT2D eigenvalue weighted by molar-refractivity contribution is -0.162. The van der Waals surface area contributed by atoms with Crippen LogP contribution in [0.15, 0.2) is 134 Å². The second kappa shape index (κ2) is 53.4. The minimum atomic E-state index is -0.598. The number of carbonyl (C=O) groups is 2. The molecule has 0 aromatic rings. The monoisotopic (exact) mass is 883 g/mol. The van der Waals surface area contributed by atoms with Crippen molar-refractivity contribution >= 4 is 11.9 Å². The second-order valence-electron chi connectivity index (χ2n) is 16.3. The van der Waals surface area contributed by atoms with E-state index in [1.807, 2.05) is 6.08 Å². The van der Waals surface area contributed by atoms with Gasteiger partial charge >= 0.3 is 11.9 Å². The van der Waals surface area contributed by atoms with Crippen molar-refractivity contribution in [1.29, 1.82) is 0 Å². The van der Waals surface area contributed by atoms with Crippen LogP contribution in [0.3, 0.4) is 0 Å². The Balaban J connectivity index is 4.42. The van der Waals surface area contributed by atoms with Crippen LogP contribution in [-0.2, 0) is 23.8 Å². The molecule has 0 aromatic heterocycles. The average molecular weight is 883 g/mol. The SMILES string of the molecule is CC/C=C\C/C=C\C/C=C\C/C=C\CCCCCCC(=O)OCC(COCCCCCCCCCC/C=C\C/C=C\C/C=C\CC)OC(=O)CC/C=C\C/C=C\C/C=C\C/C=C\CC. The molecule has 360 valence electrons. The molecule has 5 heteroatoms. The number of unbranched alkanes of at least 4 members (excludes halogenated alkanes) is 12. The lowest BCUT2D eigenvalue weighted by Crippen LogP contribution is -2.30. The Hall–Kier alpha value is -3.96. The van der Waals surface area contributed by atoms with Crippen molar-refractivity contribution in [2.75, 3.05) is 19.8 Å². The molecular formula is C59H94O5. The summed E-state index contributed by atoms with van der Waals surface area (Å²) in [6.45, 7) is 7.35. The molecule has 0 aliphatic carbocycles. The first-order chi connectivity index (χ1) is 31.6. The fraction of sp³-hybridized carbons (Fsp3) is 0.593. The van der Waals surface area contributed by atoms with Crippen LogP contribution in [0.2, 0.25) is 0 Å². The van der Waals surface area contributed by atoms with Gasteiger partial charge in [-0.3, -0.25) is 9.59 Å². The molecule has 0 bridgehead atoms. The van der Waals surface area contributed by atoms with Crippen LogP contribution < -0.4 is 0 Å². The van der Waals surface area contributed by atoms with E-state index in [1.165, 1.54) is 44.9 Å². The Labute approximate surface area is 394 Å². The zero-order chi connectivity index (χ0) is 46.3. The van der Waals surface area contributed by atoms with Crippen molar-refractivity contribution in [3.63, 3.8) is 0 Å². The molecule has 0 saturated carbocycles. The van der Waals surface area contributed by atoms with Gasteiger partial charge in [-0.25, -0.2) is 0 Å². The maximum atomic E-state index is 12.8. The van der Waals surface area contributed by atoms with Crippen LogP contribution >= 0.6 is 0 Å². The highest BCUT2D eigenvalue weighted by Crippen LogP contribution is 2.12. The fourth-order valence-corrected chi connectivity index (χ4v) is 6.47. The average Bonchev–Trinajstić information content (AvgIpc) is 3.30. The third-order valence-electron chi connectivity index (χ3n) is 10.2. The van der Waals surface area contributed by atoms with Crippen molar-refractivity contribution < 1.29 is 23.8 Å². The predicted octanol–water partition coefficient (Wildman–Crippen LogP) is 17.6. The zero-order valence-electron chi connectivity index (χ0n) is 41.2. The van der Waals surface area contributed by atoms with Gasteiger partial charge < -0.3 is 14.2 Å². The molecule has 0 radical (unpaired) electrons. The molecule has 0 aromatic carbocycles. The van der Waals surface area contributed by atoms with Gasteiger partial charge in [0.1, 0.15) is 6.61 Å². The summed E-state index contributed by atoms with van der Waals surface area (Å²) in [4.78, 5) is 25.4. The van der Waals surface area contributed by atoms with Gasteiger partial charge in [0.25, 0.3) is 0 Å². The molecule has 0 amide bonds. The first-order valence-electron chi connectivity index (χ1n) is 25.7. The third-order valence-corrected chi connectivity index (χ3v) is 10.2. The van der Waals surface area contributed by atoms with Gasteiger partial charge in [-0.1, -0.05) is 206 Å². The summed E-state index contributed by atoms with van der Waals surface area (Å²) in [6.07, 6.45) is 76.2. The normalized spacial score (nSPS) is 13.4. The molecule has 0 spiro atoms. The number of rotatable bonds is 45. The number of ether oxygens (including phenoxy) is 3. The van der Waals surface area contributed by atoms with Gasteiger partial charge in [-0.2, -0.15) is 0 Å². The van der Waals surface area contributed by atoms with Gasteiger partial charge in [-0.15, -0.1) is 0 Å². The van der Waals surface area contributed by atoms with Gasteiger partial charge in [-0.05, 0) is 116 Å². The van der Waals surface area contributed by atoms with Gasteiger partial charge in [0.15, 0.2) is 6.10 Å². The van der Waals surface area contributed by atoms with Gasteiger partial charge in [0.2, 0.25) is 0 Å². The molecule has 0 N–H and O–H groups in total. The molecular weight excluding hydrogens is 789 g/mol. The highest BCUT2D eigenvalue weighted by atomic mass is 16.6. The number of allylic oxidation sites excluding steroid dienone is 22. The van der Waals surface area contributed by atoms with E-state index in [1.54, 1.807) is 0 Å². The molecule has 0 saturated heterocycles. The van der Waals surface area contributed by atoms with E-state index in [2.05, 4.69) is 148 Å². The lowest BCUT2D eigenvalue weighted by Gasteiger charge is -2.18. The summed E-state index contributed by atoms with van der Waals surface area (Å²) in [5.74, 6) is -0.533. The van der Waals surface area contributed by atoms with Crippen molar-refractivity contribution in [3.8, 4) is 0 Å². The topological polar surface area (TPSA) is 61.8 Å². The number of carbonyl (C=O) groups excluding carboxylic acids is 2. The summed E-state index contributed by atoms with van der Waals surface area (Å²) in [5, 5.41) is 0. The summed E-state index contributed by atoms with van der Waals surface area (Å²) in [6, 6.07) is 0. The quantitative estimate of drug-likeness (QED) is 0.0346. The van der Waals surface area contributed by atoms with Crippen molar-refractivity contribution in [2.45, 2.75) is 207 Å². The summed E-state index contributed by atoms with van der Waals surface area (Å²) in [5.41, 5.74) is 0. The first-order valence-corrected chi connectivity index (χ1v) is 25.7. The summed E-state index contributed by atoms with van der Waals surface area (Å²) >= 11 is 0. The van der Waals surface area contributed by atoms with E-state index in [0.717, 1.165) is 116 Å². The highest BCUT2D eigenvalue weighted by Gasteiger charge is 2.17. The number of hydrogen-bond acceptors (Lipinski definition) is 5. The summed E-state index contributed by atoms with van der Waals surface area (Å²) < 4.78 is 17.3. The maximum absolute atomic E-state index is 12.8. The van der Waals surface area contributed by atoms with Crippen LogP contribution in [0, 0.1) is 0 Å². The van der Waals surface area contributed by atoms with Crippen LogP contribution in [0.1, 0.15) is 201 Å². The first kappa shape index (κ1) is 60.0. The van der Waals surface area contributed by atoms with Gasteiger partial charge in [0, 0.05) is 19.4 Å². The number of esters is 2. The van der Waals surface area contributed by atoms with Crippen LogP contribution in [0.25, 0.3) is 0 Å². The minimum absolute atomic E-state index is 0.0319. The number of hydrogen-bond donors (Lipinski definition) is 0. The van der Waals surface area contributed by atoms with Crippen molar-refractivity contribution in [3.05, 3.63) is 134 Å². The van der Waals surface area contributed by atoms with Crippen LogP contribution in [0.5, 0.6) is 0 Å². The Morgan fingerprint density at radius 2 is 0.688 bits per heavy atom. The second-order valence-corrected chi connectivity index (χ2v) is 16.3. The standard InChI is InChI=1S/C59H94O5/c1-4-7-10-13-16-19-22-25-27-29-31-33-36-39-42-45-48-51-54-62-55-57(64-59(61)53-50-47-44-41-38-34-24-21-18-15-12-9-6-3)56-63-58(60)52-49-46-43-40-37-35-32-30-28-26-23-20-17-14-11-8-5-2/h7-12,16-21,25-28,32,34-35,38,44,47,57H,4-6,13-15,22-24,29-31,33,36-37,39-43,45-46,48-56H2,1-3H3/b10-7-,11-8-,12-9-,19-16-,20-17-,21-18-,27-25-,28-26-,35-32-,38-34-,47-44-. The van der Waals surface area contributed by atoms with E-state index in [4.69, 9.17) is 14.2 Å². The molecule has 1 atom stereocenters. The highest BCUT2D eigenvalue weighted by molar-refractivity contribution is 5.70. The molecule has 0 fully saturated rings. The lowest BCUT2D eigenvalue weighted by atomic mass is 10.1. The summed E-state index contributed by atoms with van der Waals surface area (Å²) in [7, 11) is 0. The molecule has 0 aliphatic heterocycles. The molecule has 64 heavy (non-hydrogen) atoms. The van der Waals surface area contributed by atoms with E-state index in [9.17, 15) is 9.59 Å². The Kier molecular flexibility index (Phi) is 50.1. The molecule has 0 heterocycles. The molecule has 0 aliphatic rings. The van der Waals surface area contributed by atoms with E-state index in [0.29, 0.717) is 19.4 Å². The predicted molar refractivity (Wildman–Crippen MR) is 278 cm³/mol. The van der Waals surface area contributed by atoms with E-state index >= 15 is 0 Å². The molecule has 0 rings (SSSR count). The van der Waals surface area contributed by atoms with Crippen LogP contribution in [-0.4, -0.2) is 37.9 Å². The van der Waals surface area contributed by atoms with Gasteiger partial charge in [0.05, 0.1) is 6.61 Å². The Bertz CT molecular complexity index is 1370. The Morgan fingerprint density at radius 1 is 0.344 bits per heavy atom. The largest absolute Gasteiger partial charge is 0.462 e. The molecule has 5 nitrogen and oxygen atoms in total. The fourth-order valence-electron chi connectivity index (χ4n) is 6.47. The Morgan fingerprint density at radius 3 is 1.11 bits per heavy atom. The van der Waals surface area contributed by atoms with E-state index in [-0.39, 0.29) is 31.6 Å². The zero-order valence-corrected chi connectivity index (χ0v) is 41.2. The molecule has 1 unspecified atom stereocenters. The van der Waals surface area contributed by atoms with E-state index < -0.39 is 6.10 Å². The van der Waals surface area contributed by atoms with Crippen molar-refractivity contribution in [2.24, 2.45) is 0 Å². The third kappa shape index (κ3) is 50.7. The smallest absolute Gasteiger partial charge is 0.306 e. The minimum Gasteiger partial charge on any atom is -0.462 e. The van der Waals surface area contributed by atoms with Crippen LogP contribution in [0.4, 0.5) is 0 Å².